The second-order valence-electron chi connectivity index (χ2n) is 9.25. The lowest BCUT2D eigenvalue weighted by Gasteiger charge is -2.28. The van der Waals surface area contributed by atoms with Gasteiger partial charge in [-0.2, -0.15) is 0 Å². The standard InChI is InChI=1S/C29H34ClN3O2/c1-3-25-27(26(34)20-21(2)33(25)19-18-32-16-8-5-9-17-32)29(35)31-28(22-10-6-4-7-11-22)23-12-14-24(30)15-13-23/h4,6-7,10-15,20,28H,3,5,8-9,16-19H2,1-2H3,(H,31,35)/t28-/m0/s1. The monoisotopic (exact) mass is 491 g/mol. The molecule has 2 heterocycles. The van der Waals surface area contributed by atoms with E-state index in [1.165, 1.54) is 19.3 Å². The van der Waals surface area contributed by atoms with Crippen LogP contribution in [0.1, 0.15) is 65.1 Å². The van der Waals surface area contributed by atoms with Crippen LogP contribution in [0.25, 0.3) is 0 Å². The minimum atomic E-state index is -0.395. The first kappa shape index (κ1) is 25.2. The van der Waals surface area contributed by atoms with Crippen LogP contribution in [0.3, 0.4) is 0 Å². The molecule has 1 fully saturated rings. The Balaban J connectivity index is 1.66. The van der Waals surface area contributed by atoms with E-state index in [-0.39, 0.29) is 16.9 Å². The number of hydrogen-bond acceptors (Lipinski definition) is 3. The molecule has 0 radical (unpaired) electrons. The van der Waals surface area contributed by atoms with Crippen LogP contribution in [0.2, 0.25) is 5.02 Å². The lowest BCUT2D eigenvalue weighted by molar-refractivity contribution is 0.0939. The molecule has 3 aromatic rings. The smallest absolute Gasteiger partial charge is 0.257 e. The summed E-state index contributed by atoms with van der Waals surface area (Å²) in [5.74, 6) is -0.345. The molecule has 1 aliphatic rings. The fourth-order valence-corrected chi connectivity index (χ4v) is 5.17. The van der Waals surface area contributed by atoms with Crippen molar-refractivity contribution in [2.75, 3.05) is 19.6 Å². The Kier molecular flexibility index (Phi) is 8.42. The van der Waals surface area contributed by atoms with Gasteiger partial charge in [-0.3, -0.25) is 9.59 Å². The van der Waals surface area contributed by atoms with Gasteiger partial charge in [-0.1, -0.05) is 67.4 Å². The molecule has 1 saturated heterocycles. The Morgan fingerprint density at radius 1 is 0.971 bits per heavy atom. The number of piperidine rings is 1. The molecule has 184 valence electrons. The Morgan fingerprint density at radius 2 is 1.63 bits per heavy atom. The Hall–Kier alpha value is -2.89. The highest BCUT2D eigenvalue weighted by atomic mass is 35.5. The fraction of sp³-hybridized carbons (Fsp3) is 0.379. The van der Waals surface area contributed by atoms with E-state index in [2.05, 4.69) is 14.8 Å². The number of nitrogens with one attached hydrogen (secondary N) is 1. The summed E-state index contributed by atoms with van der Waals surface area (Å²) in [6, 6.07) is 18.4. The number of aromatic nitrogens is 1. The highest BCUT2D eigenvalue weighted by Gasteiger charge is 2.24. The highest BCUT2D eigenvalue weighted by molar-refractivity contribution is 6.30. The van der Waals surface area contributed by atoms with E-state index in [0.29, 0.717) is 11.4 Å². The summed E-state index contributed by atoms with van der Waals surface area (Å²) < 4.78 is 2.16. The number of carbonyl (C=O) groups excluding carboxylic acids is 1. The molecule has 1 aromatic heterocycles. The molecule has 0 unspecified atom stereocenters. The van der Waals surface area contributed by atoms with Crippen molar-refractivity contribution in [1.82, 2.24) is 14.8 Å². The largest absolute Gasteiger partial charge is 0.347 e. The third kappa shape index (κ3) is 6.03. The summed E-state index contributed by atoms with van der Waals surface area (Å²) in [5.41, 5.74) is 3.56. The zero-order valence-electron chi connectivity index (χ0n) is 20.6. The third-order valence-electron chi connectivity index (χ3n) is 6.89. The summed E-state index contributed by atoms with van der Waals surface area (Å²) in [4.78, 5) is 29.3. The van der Waals surface area contributed by atoms with Crippen LogP contribution in [0.5, 0.6) is 0 Å². The number of aryl methyl sites for hydroxylation is 1. The molecular formula is C29H34ClN3O2. The summed E-state index contributed by atoms with van der Waals surface area (Å²) in [6.45, 7) is 7.90. The van der Waals surface area contributed by atoms with Crippen LogP contribution in [-0.2, 0) is 13.0 Å². The maximum absolute atomic E-state index is 13.7. The van der Waals surface area contributed by atoms with Crippen LogP contribution in [0, 0.1) is 6.92 Å². The number of carbonyl (C=O) groups is 1. The van der Waals surface area contributed by atoms with Gasteiger partial charge in [-0.15, -0.1) is 0 Å². The SMILES string of the molecule is CCc1c(C(=O)N[C@@H](c2ccccc2)c2ccc(Cl)cc2)c(=O)cc(C)n1CCN1CCCCC1. The van der Waals surface area contributed by atoms with Gasteiger partial charge in [0.1, 0.15) is 5.56 Å². The van der Waals surface area contributed by atoms with Gasteiger partial charge in [0.25, 0.3) is 5.91 Å². The van der Waals surface area contributed by atoms with Crippen LogP contribution in [0.4, 0.5) is 0 Å². The van der Waals surface area contributed by atoms with E-state index in [9.17, 15) is 9.59 Å². The molecule has 1 aliphatic heterocycles. The van der Waals surface area contributed by atoms with Crippen LogP contribution < -0.4 is 10.7 Å². The number of likely N-dealkylation sites (tertiary alicyclic amines) is 1. The number of hydrogen-bond donors (Lipinski definition) is 1. The molecule has 0 bridgehead atoms. The normalized spacial score (nSPS) is 15.1. The predicted octanol–water partition coefficient (Wildman–Crippen LogP) is 5.38. The Bertz CT molecular complexity index is 1200. The molecule has 1 atom stereocenters. The van der Waals surface area contributed by atoms with Gasteiger partial charge < -0.3 is 14.8 Å². The first-order chi connectivity index (χ1) is 17.0. The van der Waals surface area contributed by atoms with Crippen molar-refractivity contribution in [3.8, 4) is 0 Å². The quantitative estimate of drug-likeness (QED) is 0.460. The molecule has 0 saturated carbocycles. The second-order valence-corrected chi connectivity index (χ2v) is 9.68. The number of amides is 1. The van der Waals surface area contributed by atoms with Gasteiger partial charge >= 0.3 is 0 Å². The van der Waals surface area contributed by atoms with E-state index >= 15 is 0 Å². The molecule has 35 heavy (non-hydrogen) atoms. The van der Waals surface area contributed by atoms with Gasteiger partial charge in [0.2, 0.25) is 0 Å². The van der Waals surface area contributed by atoms with Crippen LogP contribution in [0.15, 0.2) is 65.5 Å². The minimum absolute atomic E-state index is 0.228. The van der Waals surface area contributed by atoms with Gasteiger partial charge in [0.05, 0.1) is 6.04 Å². The molecule has 4 rings (SSSR count). The number of benzene rings is 2. The zero-order chi connectivity index (χ0) is 24.8. The van der Waals surface area contributed by atoms with E-state index in [0.717, 1.165) is 48.7 Å². The average Bonchev–Trinajstić information content (AvgIpc) is 2.88. The van der Waals surface area contributed by atoms with Crippen LogP contribution in [-0.4, -0.2) is 35.0 Å². The van der Waals surface area contributed by atoms with Crippen molar-refractivity contribution in [3.05, 3.63) is 104 Å². The molecule has 6 heteroatoms. The topological polar surface area (TPSA) is 54.3 Å². The molecular weight excluding hydrogens is 458 g/mol. The number of halogens is 1. The van der Waals surface area contributed by atoms with E-state index in [1.807, 2.05) is 68.4 Å². The van der Waals surface area contributed by atoms with Crippen molar-refractivity contribution < 1.29 is 4.79 Å². The van der Waals surface area contributed by atoms with Crippen molar-refractivity contribution >= 4 is 17.5 Å². The van der Waals surface area contributed by atoms with E-state index in [1.54, 1.807) is 6.07 Å². The van der Waals surface area contributed by atoms with Gasteiger partial charge in [0.15, 0.2) is 5.43 Å². The van der Waals surface area contributed by atoms with E-state index in [4.69, 9.17) is 11.6 Å². The predicted molar refractivity (Wildman–Crippen MR) is 142 cm³/mol. The van der Waals surface area contributed by atoms with Crippen molar-refractivity contribution in [3.63, 3.8) is 0 Å². The minimum Gasteiger partial charge on any atom is -0.347 e. The first-order valence-electron chi connectivity index (χ1n) is 12.5. The summed E-state index contributed by atoms with van der Waals surface area (Å²) in [6.07, 6.45) is 4.39. The van der Waals surface area contributed by atoms with Crippen molar-refractivity contribution in [2.45, 2.75) is 52.1 Å². The second kappa shape index (κ2) is 11.7. The Labute approximate surface area is 212 Å². The molecule has 1 amide bonds. The molecule has 5 nitrogen and oxygen atoms in total. The molecule has 1 N–H and O–H groups in total. The summed E-state index contributed by atoms with van der Waals surface area (Å²) >= 11 is 6.11. The summed E-state index contributed by atoms with van der Waals surface area (Å²) in [7, 11) is 0. The lowest BCUT2D eigenvalue weighted by atomic mass is 9.98. The maximum Gasteiger partial charge on any atom is 0.257 e. The molecule has 2 aromatic carbocycles. The average molecular weight is 492 g/mol. The third-order valence-corrected chi connectivity index (χ3v) is 7.14. The number of pyridine rings is 1. The van der Waals surface area contributed by atoms with Crippen molar-refractivity contribution in [2.24, 2.45) is 0 Å². The first-order valence-corrected chi connectivity index (χ1v) is 12.9. The number of nitrogens with zero attached hydrogens (tertiary/aromatic N) is 2. The summed E-state index contributed by atoms with van der Waals surface area (Å²) in [5, 5.41) is 3.78. The van der Waals surface area contributed by atoms with Crippen molar-refractivity contribution in [1.29, 1.82) is 0 Å². The molecule has 0 aliphatic carbocycles. The van der Waals surface area contributed by atoms with Gasteiger partial charge in [-0.05, 0) is 62.5 Å². The maximum atomic E-state index is 13.7. The zero-order valence-corrected chi connectivity index (χ0v) is 21.4. The Morgan fingerprint density at radius 3 is 2.29 bits per heavy atom. The highest BCUT2D eigenvalue weighted by Crippen LogP contribution is 2.24. The molecule has 0 spiro atoms. The van der Waals surface area contributed by atoms with Crippen LogP contribution >= 0.6 is 11.6 Å². The van der Waals surface area contributed by atoms with Gasteiger partial charge in [0, 0.05) is 35.6 Å². The van der Waals surface area contributed by atoms with Gasteiger partial charge in [-0.25, -0.2) is 0 Å². The van der Waals surface area contributed by atoms with E-state index < -0.39 is 6.04 Å². The lowest BCUT2D eigenvalue weighted by Crippen LogP contribution is -2.37. The number of rotatable bonds is 8. The fourth-order valence-electron chi connectivity index (χ4n) is 5.04.